The number of aromatic nitrogens is 4. The van der Waals surface area contributed by atoms with Crippen molar-refractivity contribution in [3.63, 3.8) is 0 Å². The Labute approximate surface area is 186 Å². The molecule has 7 heteroatoms. The quantitative estimate of drug-likeness (QED) is 0.480. The largest absolute Gasteiger partial charge is 0.336 e. The molecule has 0 saturated heterocycles. The number of aryl methyl sites for hydroxylation is 1. The van der Waals surface area contributed by atoms with Crippen LogP contribution in [0, 0.1) is 13.8 Å². The summed E-state index contributed by atoms with van der Waals surface area (Å²) >= 11 is 0. The first-order valence-electron chi connectivity index (χ1n) is 10.7. The molecule has 1 amide bonds. The molecular formula is C25H27N5O2. The Bertz CT molecular complexity index is 1350. The van der Waals surface area contributed by atoms with Gasteiger partial charge in [-0.3, -0.25) is 9.59 Å². The van der Waals surface area contributed by atoms with Crippen molar-refractivity contribution in [1.29, 1.82) is 0 Å². The first kappa shape index (κ1) is 21.5. The van der Waals surface area contributed by atoms with Gasteiger partial charge in [-0.05, 0) is 45.9 Å². The fourth-order valence-electron chi connectivity index (χ4n) is 3.93. The van der Waals surface area contributed by atoms with E-state index in [-0.39, 0.29) is 23.2 Å². The van der Waals surface area contributed by atoms with Crippen molar-refractivity contribution >= 4 is 16.7 Å². The molecule has 0 atom stereocenters. The maximum absolute atomic E-state index is 13.5. The predicted octanol–water partition coefficient (Wildman–Crippen LogP) is 4.05. The molecule has 0 saturated carbocycles. The van der Waals surface area contributed by atoms with Gasteiger partial charge >= 0.3 is 0 Å². The van der Waals surface area contributed by atoms with Crippen molar-refractivity contribution in [2.45, 2.75) is 40.3 Å². The van der Waals surface area contributed by atoms with Crippen LogP contribution in [0.2, 0.25) is 0 Å². The van der Waals surface area contributed by atoms with E-state index in [1.54, 1.807) is 30.1 Å². The van der Waals surface area contributed by atoms with Crippen molar-refractivity contribution in [1.82, 2.24) is 24.5 Å². The van der Waals surface area contributed by atoms with Gasteiger partial charge in [0.2, 0.25) is 0 Å². The summed E-state index contributed by atoms with van der Waals surface area (Å²) in [6.45, 7) is 8.11. The Morgan fingerprint density at radius 1 is 0.969 bits per heavy atom. The Hall–Kier alpha value is -3.74. The molecule has 0 unspecified atom stereocenters. The maximum Gasteiger partial charge on any atom is 0.274 e. The number of carbonyl (C=O) groups excluding carboxylic acids is 1. The number of benzene rings is 2. The van der Waals surface area contributed by atoms with Gasteiger partial charge < -0.3 is 4.90 Å². The van der Waals surface area contributed by atoms with Gasteiger partial charge in [0.1, 0.15) is 0 Å². The van der Waals surface area contributed by atoms with Gasteiger partial charge in [0.15, 0.2) is 5.69 Å². The van der Waals surface area contributed by atoms with Gasteiger partial charge in [0, 0.05) is 30.2 Å². The second-order valence-corrected chi connectivity index (χ2v) is 8.30. The van der Waals surface area contributed by atoms with Gasteiger partial charge in [-0.15, -0.1) is 0 Å². The Kier molecular flexibility index (Phi) is 5.65. The highest BCUT2D eigenvalue weighted by Gasteiger charge is 2.23. The number of fused-ring (bicyclic) bond motifs is 1. The first-order valence-corrected chi connectivity index (χ1v) is 10.7. The lowest BCUT2D eigenvalue weighted by atomic mass is 10.1. The molecule has 0 bridgehead atoms. The van der Waals surface area contributed by atoms with Crippen LogP contribution in [0.5, 0.6) is 0 Å². The van der Waals surface area contributed by atoms with Gasteiger partial charge in [-0.25, -0.2) is 9.36 Å². The predicted molar refractivity (Wildman–Crippen MR) is 125 cm³/mol. The van der Waals surface area contributed by atoms with E-state index >= 15 is 0 Å². The van der Waals surface area contributed by atoms with E-state index in [0.717, 1.165) is 22.6 Å². The highest BCUT2D eigenvalue weighted by Crippen LogP contribution is 2.21. The Morgan fingerprint density at radius 3 is 2.25 bits per heavy atom. The van der Waals surface area contributed by atoms with E-state index in [1.165, 1.54) is 4.68 Å². The molecule has 0 fully saturated rings. The molecule has 4 rings (SSSR count). The fourth-order valence-corrected chi connectivity index (χ4v) is 3.93. The smallest absolute Gasteiger partial charge is 0.274 e. The number of carbonyl (C=O) groups is 1. The summed E-state index contributed by atoms with van der Waals surface area (Å²) < 4.78 is 3.28. The standard InChI is InChI=1S/C25H27N5O2/c1-16(2)29-24(31)21-14-10-9-13-20(21)23(27-29)25(32)28(5)15-22-17(3)26-30(18(22)4)19-11-7-6-8-12-19/h6-14,16H,15H2,1-5H3. The van der Waals surface area contributed by atoms with Gasteiger partial charge in [0.25, 0.3) is 11.5 Å². The third-order valence-electron chi connectivity index (χ3n) is 5.70. The van der Waals surface area contributed by atoms with Gasteiger partial charge in [-0.1, -0.05) is 36.4 Å². The molecule has 2 aromatic heterocycles. The third-order valence-corrected chi connectivity index (χ3v) is 5.70. The highest BCUT2D eigenvalue weighted by atomic mass is 16.2. The number of nitrogens with zero attached hydrogens (tertiary/aromatic N) is 5. The Morgan fingerprint density at radius 2 is 1.59 bits per heavy atom. The zero-order valence-corrected chi connectivity index (χ0v) is 19.0. The zero-order valence-electron chi connectivity index (χ0n) is 19.0. The summed E-state index contributed by atoms with van der Waals surface area (Å²) in [6, 6.07) is 16.9. The van der Waals surface area contributed by atoms with E-state index < -0.39 is 0 Å². The molecule has 7 nitrogen and oxygen atoms in total. The van der Waals surface area contributed by atoms with Crippen LogP contribution in [0.3, 0.4) is 0 Å². The molecule has 0 aliphatic carbocycles. The van der Waals surface area contributed by atoms with Crippen LogP contribution < -0.4 is 5.56 Å². The summed E-state index contributed by atoms with van der Waals surface area (Å²) in [5.41, 5.74) is 3.92. The molecule has 164 valence electrons. The van der Waals surface area contributed by atoms with Crippen LogP contribution in [0.25, 0.3) is 16.5 Å². The van der Waals surface area contributed by atoms with Crippen LogP contribution in [-0.2, 0) is 6.54 Å². The van der Waals surface area contributed by atoms with E-state index in [4.69, 9.17) is 0 Å². The summed E-state index contributed by atoms with van der Waals surface area (Å²) in [5.74, 6) is -0.234. The number of amides is 1. The molecule has 32 heavy (non-hydrogen) atoms. The minimum Gasteiger partial charge on any atom is -0.336 e. The summed E-state index contributed by atoms with van der Waals surface area (Å²) in [7, 11) is 1.75. The van der Waals surface area contributed by atoms with Gasteiger partial charge in [0.05, 0.1) is 22.8 Å². The minimum absolute atomic E-state index is 0.155. The van der Waals surface area contributed by atoms with Crippen LogP contribution in [0.1, 0.15) is 47.3 Å². The highest BCUT2D eigenvalue weighted by molar-refractivity contribution is 6.04. The lowest BCUT2D eigenvalue weighted by Crippen LogP contribution is -2.32. The second kappa shape index (κ2) is 8.42. The number of rotatable bonds is 5. The van der Waals surface area contributed by atoms with Crippen molar-refractivity contribution in [3.8, 4) is 5.69 Å². The second-order valence-electron chi connectivity index (χ2n) is 8.30. The minimum atomic E-state index is -0.234. The molecule has 2 heterocycles. The maximum atomic E-state index is 13.5. The summed E-state index contributed by atoms with van der Waals surface area (Å²) in [6.07, 6.45) is 0. The van der Waals surface area contributed by atoms with Crippen molar-refractivity contribution in [2.75, 3.05) is 7.05 Å². The van der Waals surface area contributed by atoms with Crippen LogP contribution in [0.4, 0.5) is 0 Å². The molecule has 0 aliphatic rings. The topological polar surface area (TPSA) is 73.0 Å². The SMILES string of the molecule is Cc1nn(-c2ccccc2)c(C)c1CN(C)C(=O)c1nn(C(C)C)c(=O)c2ccccc12. The van der Waals surface area contributed by atoms with Crippen molar-refractivity contribution in [3.05, 3.63) is 87.6 Å². The molecular weight excluding hydrogens is 402 g/mol. The van der Waals surface area contributed by atoms with E-state index in [0.29, 0.717) is 17.3 Å². The fraction of sp³-hybridized carbons (Fsp3) is 0.280. The van der Waals surface area contributed by atoms with Crippen molar-refractivity contribution in [2.24, 2.45) is 0 Å². The van der Waals surface area contributed by atoms with Crippen LogP contribution in [-0.4, -0.2) is 37.4 Å². The molecule has 0 spiro atoms. The molecule has 4 aromatic rings. The summed E-state index contributed by atoms with van der Waals surface area (Å²) in [4.78, 5) is 27.9. The normalized spacial score (nSPS) is 11.3. The zero-order chi connectivity index (χ0) is 23.0. The lowest BCUT2D eigenvalue weighted by Gasteiger charge is -2.19. The van der Waals surface area contributed by atoms with Crippen molar-refractivity contribution < 1.29 is 4.79 Å². The third kappa shape index (κ3) is 3.70. The average Bonchev–Trinajstić information content (AvgIpc) is 3.07. The average molecular weight is 430 g/mol. The molecule has 0 radical (unpaired) electrons. The first-order chi connectivity index (χ1) is 15.3. The van der Waals surface area contributed by atoms with Crippen LogP contribution in [0.15, 0.2) is 59.4 Å². The molecule has 2 aromatic carbocycles. The van der Waals surface area contributed by atoms with Gasteiger partial charge in [-0.2, -0.15) is 10.2 Å². The number of hydrogen-bond donors (Lipinski definition) is 0. The monoisotopic (exact) mass is 429 g/mol. The molecule has 0 aliphatic heterocycles. The van der Waals surface area contributed by atoms with E-state index in [9.17, 15) is 9.59 Å². The Balaban J connectivity index is 1.72. The van der Waals surface area contributed by atoms with Crippen LogP contribution >= 0.6 is 0 Å². The summed E-state index contributed by atoms with van der Waals surface area (Å²) in [5, 5.41) is 10.2. The lowest BCUT2D eigenvalue weighted by molar-refractivity contribution is 0.0778. The number of para-hydroxylation sites is 1. The van der Waals surface area contributed by atoms with E-state index in [2.05, 4.69) is 10.2 Å². The van der Waals surface area contributed by atoms with E-state index in [1.807, 2.05) is 68.8 Å². The molecule has 0 N–H and O–H groups in total. The number of hydrogen-bond acceptors (Lipinski definition) is 4.